The van der Waals surface area contributed by atoms with Crippen LogP contribution < -0.4 is 14.9 Å². The first-order valence-electron chi connectivity index (χ1n) is 11.8. The molecule has 0 radical (unpaired) electrons. The molecule has 38 heavy (non-hydrogen) atoms. The third kappa shape index (κ3) is 8.41. The van der Waals surface area contributed by atoms with Gasteiger partial charge in [0.05, 0.1) is 23.5 Å². The zero-order valence-electron chi connectivity index (χ0n) is 21.5. The average Bonchev–Trinajstić information content (AvgIpc) is 2.87. The number of allylic oxidation sites excluding steroid dienone is 1. The van der Waals surface area contributed by atoms with Crippen LogP contribution in [0.2, 0.25) is 0 Å². The molecule has 0 spiro atoms. The lowest BCUT2D eigenvalue weighted by molar-refractivity contribution is -0.384. The van der Waals surface area contributed by atoms with E-state index in [1.165, 1.54) is 30.1 Å². The number of thioether (sulfide) groups is 1. The van der Waals surface area contributed by atoms with Gasteiger partial charge in [0.2, 0.25) is 0 Å². The predicted octanol–water partition coefficient (Wildman–Crippen LogP) is 4.95. The maximum atomic E-state index is 12.3. The molecule has 11 heteroatoms. The first kappa shape index (κ1) is 28.3. The lowest BCUT2D eigenvalue weighted by Gasteiger charge is -2.16. The molecule has 2 aromatic carbocycles. The number of carbonyl (C=O) groups is 1. The lowest BCUT2D eigenvalue weighted by Crippen LogP contribution is -2.19. The lowest BCUT2D eigenvalue weighted by atomic mass is 10.1. The summed E-state index contributed by atoms with van der Waals surface area (Å²) in [5, 5.41) is 15.7. The smallest absolute Gasteiger partial charge is 0.269 e. The molecule has 3 rings (SSSR count). The number of amides is 1. The van der Waals surface area contributed by atoms with Crippen LogP contribution in [-0.4, -0.2) is 39.4 Å². The van der Waals surface area contributed by atoms with Crippen LogP contribution >= 0.6 is 11.8 Å². The maximum absolute atomic E-state index is 12.3. The number of nitrogens with zero attached hydrogens (tertiary/aromatic N) is 4. The van der Waals surface area contributed by atoms with Gasteiger partial charge in [0.1, 0.15) is 6.61 Å². The molecule has 1 N–H and O–H groups in total. The van der Waals surface area contributed by atoms with E-state index >= 15 is 0 Å². The normalized spacial score (nSPS) is 10.8. The van der Waals surface area contributed by atoms with Gasteiger partial charge in [-0.25, -0.2) is 15.4 Å². The molecule has 0 aliphatic rings. The van der Waals surface area contributed by atoms with E-state index in [4.69, 9.17) is 9.47 Å². The van der Waals surface area contributed by atoms with E-state index in [1.54, 1.807) is 24.3 Å². The average molecular weight is 536 g/mol. The molecule has 0 saturated heterocycles. The quantitative estimate of drug-likeness (QED) is 0.0813. The Labute approximate surface area is 225 Å². The Bertz CT molecular complexity index is 1330. The molecule has 0 aliphatic heterocycles. The number of hydrazone groups is 1. The molecule has 0 unspecified atom stereocenters. The van der Waals surface area contributed by atoms with Gasteiger partial charge >= 0.3 is 0 Å². The summed E-state index contributed by atoms with van der Waals surface area (Å²) in [7, 11) is 0. The Morgan fingerprint density at radius 2 is 1.95 bits per heavy atom. The van der Waals surface area contributed by atoms with E-state index in [9.17, 15) is 14.9 Å². The minimum atomic E-state index is -0.443. The standard InChI is InChI=1S/C27H29N5O5S/c1-5-8-22-12-21(15-28-31-25(33)17-38-27-29-18(3)11-19(4)30-27)14-24(36-6-2)26(22)37-16-20-9-7-10-23(13-20)32(34)35/h5,7,9-15H,1,6,8,16-17H2,2-4H3,(H,31,33)/b28-15-. The van der Waals surface area contributed by atoms with Gasteiger partial charge in [-0.1, -0.05) is 30.0 Å². The number of aryl methyl sites for hydroxylation is 2. The van der Waals surface area contributed by atoms with Crippen LogP contribution in [0.1, 0.15) is 35.0 Å². The van der Waals surface area contributed by atoms with Gasteiger partial charge in [-0.15, -0.1) is 6.58 Å². The molecule has 1 heterocycles. The fraction of sp³-hybridized carbons (Fsp3) is 0.259. The van der Waals surface area contributed by atoms with Gasteiger partial charge in [0.25, 0.3) is 11.6 Å². The van der Waals surface area contributed by atoms with E-state index in [0.717, 1.165) is 17.0 Å². The zero-order chi connectivity index (χ0) is 27.5. The second kappa shape index (κ2) is 13.9. The molecule has 3 aromatic rings. The van der Waals surface area contributed by atoms with Crippen LogP contribution in [0.15, 0.2) is 65.4 Å². The third-order valence-electron chi connectivity index (χ3n) is 5.02. The van der Waals surface area contributed by atoms with E-state index in [2.05, 4.69) is 27.1 Å². The number of nitro benzene ring substituents is 1. The molecule has 0 saturated carbocycles. The van der Waals surface area contributed by atoms with E-state index < -0.39 is 4.92 Å². The third-order valence-corrected chi connectivity index (χ3v) is 5.87. The van der Waals surface area contributed by atoms with E-state index in [0.29, 0.717) is 40.8 Å². The summed E-state index contributed by atoms with van der Waals surface area (Å²) in [6.07, 6.45) is 3.75. The summed E-state index contributed by atoms with van der Waals surface area (Å²) in [4.78, 5) is 31.5. The Morgan fingerprint density at radius 3 is 2.63 bits per heavy atom. The number of nitrogens with one attached hydrogen (secondary N) is 1. The molecule has 1 amide bonds. The van der Waals surface area contributed by atoms with Crippen molar-refractivity contribution in [1.82, 2.24) is 15.4 Å². The summed E-state index contributed by atoms with van der Waals surface area (Å²) < 4.78 is 11.9. The van der Waals surface area contributed by atoms with Crippen LogP contribution in [0.4, 0.5) is 5.69 Å². The highest BCUT2D eigenvalue weighted by Gasteiger charge is 2.14. The largest absolute Gasteiger partial charge is 0.490 e. The summed E-state index contributed by atoms with van der Waals surface area (Å²) >= 11 is 1.24. The fourth-order valence-corrected chi connectivity index (χ4v) is 4.25. The molecule has 10 nitrogen and oxygen atoms in total. The molecular formula is C27H29N5O5S. The van der Waals surface area contributed by atoms with Gasteiger partial charge in [0.15, 0.2) is 16.7 Å². The summed E-state index contributed by atoms with van der Waals surface area (Å²) in [6.45, 7) is 9.95. The zero-order valence-corrected chi connectivity index (χ0v) is 22.3. The van der Waals surface area contributed by atoms with Gasteiger partial charge in [0, 0.05) is 29.1 Å². The van der Waals surface area contributed by atoms with Gasteiger partial charge in [-0.2, -0.15) is 5.10 Å². The van der Waals surface area contributed by atoms with Gasteiger partial charge < -0.3 is 9.47 Å². The van der Waals surface area contributed by atoms with Crippen molar-refractivity contribution in [3.05, 3.63) is 93.3 Å². The first-order chi connectivity index (χ1) is 18.3. The summed E-state index contributed by atoms with van der Waals surface area (Å²) in [6, 6.07) is 11.8. The summed E-state index contributed by atoms with van der Waals surface area (Å²) in [5.74, 6) is 0.843. The topological polar surface area (TPSA) is 129 Å². The first-order valence-corrected chi connectivity index (χ1v) is 12.8. The molecule has 0 bridgehead atoms. The molecule has 0 fully saturated rings. The second-order valence-corrected chi connectivity index (χ2v) is 9.11. The van der Waals surface area contributed by atoms with Crippen LogP contribution in [0, 0.1) is 24.0 Å². The number of hydrogen-bond acceptors (Lipinski definition) is 9. The molecule has 198 valence electrons. The SMILES string of the molecule is C=CCc1cc(/C=N\NC(=O)CSc2nc(C)cc(C)n2)cc(OCC)c1OCc1cccc([N+](=O)[O-])c1. The highest BCUT2D eigenvalue weighted by molar-refractivity contribution is 7.99. The Morgan fingerprint density at radius 1 is 1.18 bits per heavy atom. The van der Waals surface area contributed by atoms with Crippen molar-refractivity contribution in [3.63, 3.8) is 0 Å². The van der Waals surface area contributed by atoms with Crippen molar-refractivity contribution in [3.8, 4) is 11.5 Å². The number of rotatable bonds is 13. The number of non-ortho nitro benzene ring substituents is 1. The number of hydrogen-bond donors (Lipinski definition) is 1. The van der Waals surface area contributed by atoms with Crippen molar-refractivity contribution in [2.75, 3.05) is 12.4 Å². The Balaban J connectivity index is 1.71. The number of aromatic nitrogens is 2. The Hall–Kier alpha value is -4.25. The molecule has 0 atom stereocenters. The number of benzene rings is 2. The van der Waals surface area contributed by atoms with Crippen molar-refractivity contribution >= 4 is 29.6 Å². The highest BCUT2D eigenvalue weighted by Crippen LogP contribution is 2.34. The second-order valence-electron chi connectivity index (χ2n) is 8.16. The van der Waals surface area contributed by atoms with E-state index in [-0.39, 0.29) is 24.0 Å². The molecule has 1 aromatic heterocycles. The van der Waals surface area contributed by atoms with Crippen LogP contribution in [-0.2, 0) is 17.8 Å². The predicted molar refractivity (Wildman–Crippen MR) is 147 cm³/mol. The minimum absolute atomic E-state index is 0.00373. The van der Waals surface area contributed by atoms with Crippen molar-refractivity contribution in [2.45, 2.75) is 39.0 Å². The Kier molecular flexibility index (Phi) is 10.4. The highest BCUT2D eigenvalue weighted by atomic mass is 32.2. The fourth-order valence-electron chi connectivity index (χ4n) is 3.51. The maximum Gasteiger partial charge on any atom is 0.269 e. The van der Waals surface area contributed by atoms with Crippen molar-refractivity contribution < 1.29 is 19.2 Å². The van der Waals surface area contributed by atoms with Crippen molar-refractivity contribution in [2.24, 2.45) is 5.10 Å². The van der Waals surface area contributed by atoms with Crippen LogP contribution in [0.25, 0.3) is 0 Å². The number of ether oxygens (including phenoxy) is 2. The van der Waals surface area contributed by atoms with Gasteiger partial charge in [-0.05, 0) is 56.5 Å². The van der Waals surface area contributed by atoms with Crippen LogP contribution in [0.3, 0.4) is 0 Å². The molecule has 0 aliphatic carbocycles. The molecular weight excluding hydrogens is 506 g/mol. The van der Waals surface area contributed by atoms with Crippen molar-refractivity contribution in [1.29, 1.82) is 0 Å². The summed E-state index contributed by atoms with van der Waals surface area (Å²) in [5.41, 5.74) is 6.35. The van der Waals surface area contributed by atoms with Gasteiger partial charge in [-0.3, -0.25) is 14.9 Å². The van der Waals surface area contributed by atoms with E-state index in [1.807, 2.05) is 32.9 Å². The monoisotopic (exact) mass is 535 g/mol. The number of nitro groups is 1. The van der Waals surface area contributed by atoms with Crippen LogP contribution in [0.5, 0.6) is 11.5 Å². The number of carbonyl (C=O) groups excluding carboxylic acids is 1. The minimum Gasteiger partial charge on any atom is -0.490 e.